The van der Waals surface area contributed by atoms with Gasteiger partial charge in [0.25, 0.3) is 23.4 Å². The fourth-order valence-electron chi connectivity index (χ4n) is 3.39. The number of hydrogen-bond donors (Lipinski definition) is 1. The summed E-state index contributed by atoms with van der Waals surface area (Å²) in [5, 5.41) is 13.3. The first kappa shape index (κ1) is 24.7. The van der Waals surface area contributed by atoms with Gasteiger partial charge < -0.3 is 14.8 Å². The molecule has 12 heteroatoms. The number of esters is 1. The number of amides is 3. The van der Waals surface area contributed by atoms with Crippen molar-refractivity contribution < 1.29 is 33.6 Å². The van der Waals surface area contributed by atoms with E-state index in [1.807, 2.05) is 6.26 Å². The van der Waals surface area contributed by atoms with Crippen LogP contribution in [-0.2, 0) is 14.3 Å². The fourth-order valence-corrected chi connectivity index (χ4v) is 3.85. The van der Waals surface area contributed by atoms with Crippen molar-refractivity contribution in [3.63, 3.8) is 0 Å². The SMILES string of the molecule is COc1cc([N+](=O)[O-])ccc1NC(=O)COC(=O)[C@@H](CCSC)N1C(=O)c2ccccc2C1=O. The number of imide groups is 1. The van der Waals surface area contributed by atoms with Gasteiger partial charge in [0, 0.05) is 6.07 Å². The van der Waals surface area contributed by atoms with Crippen molar-refractivity contribution in [1.82, 2.24) is 4.90 Å². The molecule has 1 N–H and O–H groups in total. The van der Waals surface area contributed by atoms with Crippen LogP contribution in [-0.4, -0.2) is 65.3 Å². The third kappa shape index (κ3) is 5.17. The van der Waals surface area contributed by atoms with E-state index in [1.54, 1.807) is 12.1 Å². The van der Waals surface area contributed by atoms with Gasteiger partial charge in [-0.25, -0.2) is 4.79 Å². The molecule has 0 aliphatic carbocycles. The molecule has 0 bridgehead atoms. The molecule has 3 rings (SSSR count). The molecule has 2 aromatic rings. The van der Waals surface area contributed by atoms with E-state index < -0.39 is 41.3 Å². The second-order valence-electron chi connectivity index (χ2n) is 7.12. The van der Waals surface area contributed by atoms with Gasteiger partial charge in [0.1, 0.15) is 11.8 Å². The third-order valence-corrected chi connectivity index (χ3v) is 5.66. The lowest BCUT2D eigenvalue weighted by atomic mass is 10.1. The molecular formula is C22H21N3O8S. The van der Waals surface area contributed by atoms with E-state index in [0.29, 0.717) is 5.75 Å². The lowest BCUT2D eigenvalue weighted by molar-refractivity contribution is -0.384. The number of rotatable bonds is 10. The van der Waals surface area contributed by atoms with Crippen molar-refractivity contribution in [2.45, 2.75) is 12.5 Å². The number of nitro benzene ring substituents is 1. The lowest BCUT2D eigenvalue weighted by Crippen LogP contribution is -2.46. The maximum absolute atomic E-state index is 12.8. The van der Waals surface area contributed by atoms with Crippen LogP contribution in [0.2, 0.25) is 0 Å². The molecule has 11 nitrogen and oxygen atoms in total. The Labute approximate surface area is 198 Å². The Morgan fingerprint density at radius 3 is 2.35 bits per heavy atom. The van der Waals surface area contributed by atoms with E-state index >= 15 is 0 Å². The van der Waals surface area contributed by atoms with Crippen LogP contribution in [0, 0.1) is 10.1 Å². The quantitative estimate of drug-likeness (QED) is 0.231. The topological polar surface area (TPSA) is 145 Å². The van der Waals surface area contributed by atoms with Gasteiger partial charge in [0.05, 0.1) is 34.9 Å². The van der Waals surface area contributed by atoms with Gasteiger partial charge in [-0.05, 0) is 36.6 Å². The molecule has 0 aromatic heterocycles. The molecule has 178 valence electrons. The molecular weight excluding hydrogens is 466 g/mol. The van der Waals surface area contributed by atoms with Gasteiger partial charge in [-0.15, -0.1) is 0 Å². The van der Waals surface area contributed by atoms with E-state index in [2.05, 4.69) is 5.32 Å². The zero-order chi connectivity index (χ0) is 24.8. The van der Waals surface area contributed by atoms with Crippen LogP contribution >= 0.6 is 11.8 Å². The number of hydrogen-bond acceptors (Lipinski definition) is 9. The summed E-state index contributed by atoms with van der Waals surface area (Å²) in [5.41, 5.74) is 0.335. The van der Waals surface area contributed by atoms with Gasteiger partial charge in [0.2, 0.25) is 0 Å². The lowest BCUT2D eigenvalue weighted by Gasteiger charge is -2.24. The summed E-state index contributed by atoms with van der Waals surface area (Å²) in [6.45, 7) is -0.697. The summed E-state index contributed by atoms with van der Waals surface area (Å²) in [4.78, 5) is 61.9. The monoisotopic (exact) mass is 487 g/mol. The third-order valence-electron chi connectivity index (χ3n) is 5.02. The summed E-state index contributed by atoms with van der Waals surface area (Å²) in [6.07, 6.45) is 1.97. The largest absolute Gasteiger partial charge is 0.494 e. The summed E-state index contributed by atoms with van der Waals surface area (Å²) in [5.74, 6) is -2.29. The van der Waals surface area contributed by atoms with Gasteiger partial charge >= 0.3 is 5.97 Å². The first-order chi connectivity index (χ1) is 16.3. The molecule has 1 atom stereocenters. The molecule has 1 aliphatic heterocycles. The maximum Gasteiger partial charge on any atom is 0.329 e. The Morgan fingerprint density at radius 2 is 1.79 bits per heavy atom. The Balaban J connectivity index is 1.69. The van der Waals surface area contributed by atoms with Crippen LogP contribution in [0.4, 0.5) is 11.4 Å². The number of carbonyl (C=O) groups is 4. The summed E-state index contributed by atoms with van der Waals surface area (Å²) in [7, 11) is 1.28. The number of nitrogens with one attached hydrogen (secondary N) is 1. The molecule has 0 saturated carbocycles. The van der Waals surface area contributed by atoms with Crippen molar-refractivity contribution in [3.8, 4) is 5.75 Å². The highest BCUT2D eigenvalue weighted by molar-refractivity contribution is 7.98. The highest BCUT2D eigenvalue weighted by atomic mass is 32.2. The molecule has 1 aliphatic rings. The molecule has 2 aromatic carbocycles. The first-order valence-corrected chi connectivity index (χ1v) is 11.4. The molecule has 0 spiro atoms. The second-order valence-corrected chi connectivity index (χ2v) is 8.11. The van der Waals surface area contributed by atoms with E-state index in [-0.39, 0.29) is 34.7 Å². The zero-order valence-corrected chi connectivity index (χ0v) is 19.1. The molecule has 0 fully saturated rings. The predicted molar refractivity (Wildman–Crippen MR) is 123 cm³/mol. The van der Waals surface area contributed by atoms with Gasteiger partial charge in [-0.2, -0.15) is 11.8 Å². The van der Waals surface area contributed by atoms with Crippen LogP contribution in [0.25, 0.3) is 0 Å². The van der Waals surface area contributed by atoms with E-state index in [4.69, 9.17) is 9.47 Å². The van der Waals surface area contributed by atoms with Crippen LogP contribution in [0.5, 0.6) is 5.75 Å². The van der Waals surface area contributed by atoms with Crippen LogP contribution in [0.1, 0.15) is 27.1 Å². The molecule has 1 heterocycles. The minimum atomic E-state index is -1.19. The van der Waals surface area contributed by atoms with Gasteiger partial charge in [-0.3, -0.25) is 29.4 Å². The van der Waals surface area contributed by atoms with Crippen molar-refractivity contribution >= 4 is 46.8 Å². The number of benzene rings is 2. The Hall–Kier alpha value is -3.93. The average molecular weight is 487 g/mol. The number of thioether (sulfide) groups is 1. The van der Waals surface area contributed by atoms with Crippen molar-refractivity contribution in [1.29, 1.82) is 0 Å². The van der Waals surface area contributed by atoms with E-state index in [1.165, 1.54) is 43.1 Å². The highest BCUT2D eigenvalue weighted by Crippen LogP contribution is 2.29. The molecule has 3 amide bonds. The van der Waals surface area contributed by atoms with Crippen LogP contribution in [0.3, 0.4) is 0 Å². The standard InChI is InChI=1S/C22H21N3O8S/c1-32-18-11-13(25(30)31)7-8-16(18)23-19(26)12-33-22(29)17(9-10-34-2)24-20(27)14-5-3-4-6-15(14)21(24)28/h3-8,11,17H,9-10,12H2,1-2H3,(H,23,26)/t17-/m1/s1. The Bertz CT molecular complexity index is 1120. The second kappa shape index (κ2) is 10.8. The van der Waals surface area contributed by atoms with Crippen molar-refractivity contribution in [2.24, 2.45) is 0 Å². The Morgan fingerprint density at radius 1 is 1.15 bits per heavy atom. The van der Waals surface area contributed by atoms with Gasteiger partial charge in [0.15, 0.2) is 6.61 Å². The Kier molecular flexibility index (Phi) is 7.84. The average Bonchev–Trinajstić information content (AvgIpc) is 3.08. The number of nitrogens with zero attached hydrogens (tertiary/aromatic N) is 2. The fraction of sp³-hybridized carbons (Fsp3) is 0.273. The van der Waals surface area contributed by atoms with Crippen molar-refractivity contribution in [3.05, 3.63) is 63.7 Å². The van der Waals surface area contributed by atoms with E-state index in [9.17, 15) is 29.3 Å². The number of ether oxygens (including phenoxy) is 2. The number of nitro groups is 1. The van der Waals surface area contributed by atoms with Crippen LogP contribution in [0.15, 0.2) is 42.5 Å². The smallest absolute Gasteiger partial charge is 0.329 e. The van der Waals surface area contributed by atoms with E-state index in [0.717, 1.165) is 11.0 Å². The summed E-state index contributed by atoms with van der Waals surface area (Å²) < 4.78 is 10.2. The number of anilines is 1. The van der Waals surface area contributed by atoms with Crippen molar-refractivity contribution in [2.75, 3.05) is 31.0 Å². The number of fused-ring (bicyclic) bond motifs is 1. The normalized spacial score (nSPS) is 13.3. The highest BCUT2D eigenvalue weighted by Gasteiger charge is 2.43. The first-order valence-electron chi connectivity index (χ1n) is 10.0. The minimum absolute atomic E-state index is 0.0535. The zero-order valence-electron chi connectivity index (χ0n) is 18.3. The minimum Gasteiger partial charge on any atom is -0.494 e. The van der Waals surface area contributed by atoms with Gasteiger partial charge in [-0.1, -0.05) is 12.1 Å². The molecule has 0 saturated heterocycles. The maximum atomic E-state index is 12.8. The number of non-ortho nitro benzene ring substituents is 1. The van der Waals surface area contributed by atoms with Crippen LogP contribution < -0.4 is 10.1 Å². The number of methoxy groups -OCH3 is 1. The number of carbonyl (C=O) groups excluding carboxylic acids is 4. The molecule has 0 unspecified atom stereocenters. The summed E-state index contributed by atoms with van der Waals surface area (Å²) in [6, 6.07) is 8.69. The predicted octanol–water partition coefficient (Wildman–Crippen LogP) is 2.50. The molecule has 34 heavy (non-hydrogen) atoms. The summed E-state index contributed by atoms with van der Waals surface area (Å²) >= 11 is 1.43. The molecule has 0 radical (unpaired) electrons.